The summed E-state index contributed by atoms with van der Waals surface area (Å²) in [4.78, 5) is 0. The second-order valence-corrected chi connectivity index (χ2v) is 4.92. The van der Waals surface area contributed by atoms with E-state index in [0.717, 1.165) is 5.56 Å². The molecule has 0 bridgehead atoms. The first-order chi connectivity index (χ1) is 9.60. The van der Waals surface area contributed by atoms with Crippen LogP contribution < -0.4 is 4.74 Å². The third kappa shape index (κ3) is 3.71. The third-order valence-corrected chi connectivity index (χ3v) is 3.42. The summed E-state index contributed by atoms with van der Waals surface area (Å²) in [5.41, 5.74) is 1.45. The fourth-order valence-corrected chi connectivity index (χ4v) is 2.01. The predicted octanol–water partition coefficient (Wildman–Crippen LogP) is 4.50. The molecule has 0 aliphatic heterocycles. The Kier molecular flexibility index (Phi) is 4.99. The topological polar surface area (TPSA) is 29.5 Å². The molecule has 2 aromatic rings. The highest BCUT2D eigenvalue weighted by Crippen LogP contribution is 2.22. The average Bonchev–Trinajstić information content (AvgIpc) is 2.48. The average molecular weight is 295 g/mol. The molecule has 20 heavy (non-hydrogen) atoms. The van der Waals surface area contributed by atoms with Crippen molar-refractivity contribution in [2.75, 3.05) is 0 Å². The van der Waals surface area contributed by atoms with Crippen LogP contribution in [0.15, 0.2) is 42.5 Å². The zero-order valence-electron chi connectivity index (χ0n) is 11.1. The highest BCUT2D eigenvalue weighted by atomic mass is 35.5. The highest BCUT2D eigenvalue weighted by Gasteiger charge is 2.06. The smallest absolute Gasteiger partial charge is 0.123 e. The Morgan fingerprint density at radius 2 is 1.90 bits per heavy atom. The van der Waals surface area contributed by atoms with Crippen LogP contribution in [0.4, 0.5) is 4.39 Å². The molecule has 106 valence electrons. The van der Waals surface area contributed by atoms with E-state index in [1.54, 1.807) is 12.1 Å². The van der Waals surface area contributed by atoms with Crippen LogP contribution in [0, 0.1) is 5.82 Å². The molecule has 0 aromatic heterocycles. The van der Waals surface area contributed by atoms with Crippen LogP contribution in [0.3, 0.4) is 0 Å². The Hall–Kier alpha value is -1.58. The first kappa shape index (κ1) is 14.8. The number of benzene rings is 2. The van der Waals surface area contributed by atoms with Crippen LogP contribution in [0.5, 0.6) is 5.75 Å². The normalized spacial score (nSPS) is 12.2. The highest BCUT2D eigenvalue weighted by molar-refractivity contribution is 6.31. The van der Waals surface area contributed by atoms with E-state index in [2.05, 4.69) is 0 Å². The van der Waals surface area contributed by atoms with E-state index >= 15 is 0 Å². The summed E-state index contributed by atoms with van der Waals surface area (Å²) in [7, 11) is 0. The molecule has 0 saturated carbocycles. The third-order valence-electron chi connectivity index (χ3n) is 3.05. The zero-order valence-corrected chi connectivity index (χ0v) is 11.9. The molecule has 0 aliphatic rings. The van der Waals surface area contributed by atoms with Crippen LogP contribution in [0.25, 0.3) is 0 Å². The summed E-state index contributed by atoms with van der Waals surface area (Å²) in [6, 6.07) is 11.4. The van der Waals surface area contributed by atoms with Gasteiger partial charge in [-0.1, -0.05) is 30.7 Å². The molecule has 0 fully saturated rings. The minimum atomic E-state index is -0.457. The lowest BCUT2D eigenvalue weighted by atomic mass is 10.1. The molecule has 0 amide bonds. The molecule has 0 radical (unpaired) electrons. The van der Waals surface area contributed by atoms with Gasteiger partial charge < -0.3 is 9.84 Å². The fraction of sp³-hybridized carbons (Fsp3) is 0.250. The lowest BCUT2D eigenvalue weighted by Gasteiger charge is -2.11. The number of halogens is 2. The number of aliphatic hydroxyl groups excluding tert-OH is 1. The number of hydrogen-bond donors (Lipinski definition) is 1. The Morgan fingerprint density at radius 1 is 1.20 bits per heavy atom. The molecule has 2 aromatic carbocycles. The number of aliphatic hydroxyl groups is 1. The van der Waals surface area contributed by atoms with Gasteiger partial charge in [-0.25, -0.2) is 4.39 Å². The van der Waals surface area contributed by atoms with Gasteiger partial charge in [0.05, 0.1) is 6.10 Å². The van der Waals surface area contributed by atoms with Crippen molar-refractivity contribution in [1.82, 2.24) is 0 Å². The van der Waals surface area contributed by atoms with E-state index in [-0.39, 0.29) is 12.4 Å². The van der Waals surface area contributed by atoms with Gasteiger partial charge in [0.15, 0.2) is 0 Å². The zero-order chi connectivity index (χ0) is 14.5. The van der Waals surface area contributed by atoms with Gasteiger partial charge in [0.2, 0.25) is 0 Å². The molecule has 4 heteroatoms. The molecule has 0 spiro atoms. The first-order valence-corrected chi connectivity index (χ1v) is 6.82. The van der Waals surface area contributed by atoms with Gasteiger partial charge in [-0.2, -0.15) is 0 Å². The van der Waals surface area contributed by atoms with Crippen molar-refractivity contribution in [3.8, 4) is 5.75 Å². The number of rotatable bonds is 5. The van der Waals surface area contributed by atoms with Gasteiger partial charge in [-0.3, -0.25) is 0 Å². The van der Waals surface area contributed by atoms with Gasteiger partial charge in [0.25, 0.3) is 0 Å². The van der Waals surface area contributed by atoms with Crippen molar-refractivity contribution in [3.63, 3.8) is 0 Å². The molecule has 1 atom stereocenters. The summed E-state index contributed by atoms with van der Waals surface area (Å²) in [6.07, 6.45) is 0.209. The van der Waals surface area contributed by atoms with E-state index in [9.17, 15) is 9.50 Å². The molecular weight excluding hydrogens is 279 g/mol. The maximum absolute atomic E-state index is 13.1. The number of ether oxygens (including phenoxy) is 1. The second kappa shape index (κ2) is 6.73. The summed E-state index contributed by atoms with van der Waals surface area (Å²) in [5, 5.41) is 10.2. The van der Waals surface area contributed by atoms with Crippen molar-refractivity contribution in [3.05, 3.63) is 64.4 Å². The molecule has 2 nitrogen and oxygen atoms in total. The summed E-state index contributed by atoms with van der Waals surface area (Å²) < 4.78 is 18.7. The quantitative estimate of drug-likeness (QED) is 0.879. The summed E-state index contributed by atoms with van der Waals surface area (Å²) >= 11 is 5.97. The Labute approximate surface area is 122 Å². The molecule has 2 rings (SSSR count). The molecule has 1 N–H and O–H groups in total. The fourth-order valence-electron chi connectivity index (χ4n) is 1.84. The van der Waals surface area contributed by atoms with E-state index in [4.69, 9.17) is 16.3 Å². The molecule has 0 saturated heterocycles. The monoisotopic (exact) mass is 294 g/mol. The van der Waals surface area contributed by atoms with Crippen molar-refractivity contribution in [2.24, 2.45) is 0 Å². The van der Waals surface area contributed by atoms with Crippen LogP contribution in [-0.2, 0) is 6.61 Å². The van der Waals surface area contributed by atoms with Crippen molar-refractivity contribution in [2.45, 2.75) is 26.1 Å². The van der Waals surface area contributed by atoms with E-state index in [0.29, 0.717) is 22.8 Å². The van der Waals surface area contributed by atoms with E-state index in [1.807, 2.05) is 19.1 Å². The maximum Gasteiger partial charge on any atom is 0.123 e. The van der Waals surface area contributed by atoms with Crippen LogP contribution in [0.2, 0.25) is 5.02 Å². The van der Waals surface area contributed by atoms with Crippen LogP contribution >= 0.6 is 11.6 Å². The summed E-state index contributed by atoms with van der Waals surface area (Å²) in [6.45, 7) is 2.12. The van der Waals surface area contributed by atoms with Crippen molar-refractivity contribution in [1.29, 1.82) is 0 Å². The Balaban J connectivity index is 2.02. The van der Waals surface area contributed by atoms with Crippen molar-refractivity contribution < 1.29 is 14.2 Å². The van der Waals surface area contributed by atoms with E-state index in [1.165, 1.54) is 18.2 Å². The lowest BCUT2D eigenvalue weighted by Crippen LogP contribution is -1.98. The predicted molar refractivity (Wildman–Crippen MR) is 77.4 cm³/mol. The van der Waals surface area contributed by atoms with Gasteiger partial charge in [0.1, 0.15) is 18.2 Å². The Morgan fingerprint density at radius 3 is 2.55 bits per heavy atom. The van der Waals surface area contributed by atoms with Gasteiger partial charge in [-0.05, 0) is 42.3 Å². The second-order valence-electron chi connectivity index (χ2n) is 4.52. The van der Waals surface area contributed by atoms with Crippen LogP contribution in [0.1, 0.15) is 30.6 Å². The molecule has 0 heterocycles. The molecule has 0 aliphatic carbocycles. The van der Waals surface area contributed by atoms with Crippen molar-refractivity contribution >= 4 is 11.6 Å². The standard InChI is InChI=1S/C16H16ClFO2/c1-2-16(19)11-3-6-14(7-4-11)20-10-12-9-13(18)5-8-15(12)17/h3-9,16,19H,2,10H2,1H3/t16-/m1/s1. The van der Waals surface area contributed by atoms with Gasteiger partial charge in [-0.15, -0.1) is 0 Å². The molecular formula is C16H16ClFO2. The Bertz CT molecular complexity index is 569. The molecule has 0 unspecified atom stereocenters. The number of hydrogen-bond acceptors (Lipinski definition) is 2. The lowest BCUT2D eigenvalue weighted by molar-refractivity contribution is 0.173. The minimum Gasteiger partial charge on any atom is -0.489 e. The largest absolute Gasteiger partial charge is 0.489 e. The summed E-state index contributed by atoms with van der Waals surface area (Å²) in [5.74, 6) is 0.312. The van der Waals surface area contributed by atoms with E-state index < -0.39 is 6.10 Å². The van der Waals surface area contributed by atoms with Gasteiger partial charge in [0, 0.05) is 10.6 Å². The minimum absolute atomic E-state index is 0.201. The SMILES string of the molecule is CC[C@@H](O)c1ccc(OCc2cc(F)ccc2Cl)cc1. The maximum atomic E-state index is 13.1. The van der Waals surface area contributed by atoms with Gasteiger partial charge >= 0.3 is 0 Å². The first-order valence-electron chi connectivity index (χ1n) is 6.45. The van der Waals surface area contributed by atoms with Crippen LogP contribution in [-0.4, -0.2) is 5.11 Å².